The van der Waals surface area contributed by atoms with Crippen LogP contribution in [0.5, 0.6) is 0 Å². The molecular weight excluding hydrogens is 406 g/mol. The molecule has 1 aliphatic heterocycles. The van der Waals surface area contributed by atoms with E-state index in [-0.39, 0.29) is 0 Å². The van der Waals surface area contributed by atoms with Crippen LogP contribution in [0.15, 0.2) is 42.5 Å². The fraction of sp³-hybridized carbons (Fsp3) is 0.500. The van der Waals surface area contributed by atoms with E-state index in [2.05, 4.69) is 30.3 Å². The number of ether oxygens (including phenoxy) is 1. The summed E-state index contributed by atoms with van der Waals surface area (Å²) in [5.41, 5.74) is 4.40. The fourth-order valence-corrected chi connectivity index (χ4v) is 4.99. The fourth-order valence-electron chi connectivity index (χ4n) is 4.99. The summed E-state index contributed by atoms with van der Waals surface area (Å²) in [7, 11) is 0. The molecule has 6 heteroatoms. The zero-order valence-electron chi connectivity index (χ0n) is 18.1. The van der Waals surface area contributed by atoms with Crippen LogP contribution in [0, 0.1) is 11.3 Å². The molecule has 170 valence electrons. The highest BCUT2D eigenvalue weighted by molar-refractivity contribution is 5.44. The Balaban J connectivity index is 1.55. The maximum absolute atomic E-state index is 10.5. The van der Waals surface area contributed by atoms with E-state index in [1.807, 2.05) is 0 Å². The molecule has 2 fully saturated rings. The lowest BCUT2D eigenvalue weighted by Crippen LogP contribution is -2.55. The van der Waals surface area contributed by atoms with Gasteiger partial charge in [-0.1, -0.05) is 55.7 Å². The van der Waals surface area contributed by atoms with Crippen LogP contribution >= 0.6 is 0 Å². The molecule has 32 heavy (non-hydrogen) atoms. The molecule has 0 radical (unpaired) electrons. The third kappa shape index (κ3) is 4.73. The van der Waals surface area contributed by atoms with Crippen LogP contribution < -0.4 is 0 Å². The molecular formula is C26H31NO5. The lowest BCUT2D eigenvalue weighted by Gasteiger charge is -2.40. The maximum atomic E-state index is 10.5. The smallest absolute Gasteiger partial charge is 0.113 e. The third-order valence-corrected chi connectivity index (χ3v) is 6.92. The van der Waals surface area contributed by atoms with Gasteiger partial charge < -0.3 is 25.2 Å². The second-order valence-corrected chi connectivity index (χ2v) is 9.03. The van der Waals surface area contributed by atoms with Crippen LogP contribution in [0.3, 0.4) is 0 Å². The van der Waals surface area contributed by atoms with Crippen molar-refractivity contribution in [2.45, 2.75) is 75.0 Å². The first-order valence-corrected chi connectivity index (χ1v) is 11.4. The molecule has 2 aromatic carbocycles. The first kappa shape index (κ1) is 22.9. The summed E-state index contributed by atoms with van der Waals surface area (Å²) in [5.74, 6) is 0.641. The van der Waals surface area contributed by atoms with Crippen molar-refractivity contribution in [3.8, 4) is 6.07 Å². The average Bonchev–Trinajstić information content (AvgIpc) is 2.84. The maximum Gasteiger partial charge on any atom is 0.113 e. The highest BCUT2D eigenvalue weighted by Crippen LogP contribution is 2.35. The Labute approximate surface area is 188 Å². The molecule has 0 aromatic heterocycles. The highest BCUT2D eigenvalue weighted by Gasteiger charge is 2.44. The van der Waals surface area contributed by atoms with E-state index >= 15 is 0 Å². The zero-order valence-corrected chi connectivity index (χ0v) is 18.1. The SMILES string of the molecule is N#Cc1ccc([C@@H]2O[C@H](CO)[C@@H](O)[C@H](O)[C@H]2O)cc1Cc1ccc(C2CCCCC2)cc1. The van der Waals surface area contributed by atoms with E-state index in [9.17, 15) is 25.7 Å². The Morgan fingerprint density at radius 2 is 1.56 bits per heavy atom. The van der Waals surface area contributed by atoms with Gasteiger partial charge in [-0.2, -0.15) is 5.26 Å². The van der Waals surface area contributed by atoms with Gasteiger partial charge in [0.05, 0.1) is 18.2 Å². The van der Waals surface area contributed by atoms with Crippen LogP contribution in [-0.4, -0.2) is 51.4 Å². The minimum Gasteiger partial charge on any atom is -0.394 e. The first-order valence-electron chi connectivity index (χ1n) is 11.4. The molecule has 4 rings (SSSR count). The van der Waals surface area contributed by atoms with E-state index in [0.717, 1.165) is 11.1 Å². The lowest BCUT2D eigenvalue weighted by molar-refractivity contribution is -0.231. The van der Waals surface area contributed by atoms with Gasteiger partial charge in [0.15, 0.2) is 0 Å². The minimum atomic E-state index is -1.43. The number of aliphatic hydroxyl groups excluding tert-OH is 4. The molecule has 6 nitrogen and oxygen atoms in total. The van der Waals surface area contributed by atoms with E-state index in [1.54, 1.807) is 18.2 Å². The third-order valence-electron chi connectivity index (χ3n) is 6.92. The van der Waals surface area contributed by atoms with Gasteiger partial charge in [0.1, 0.15) is 30.5 Å². The molecule has 0 unspecified atom stereocenters. The summed E-state index contributed by atoms with van der Waals surface area (Å²) in [5, 5.41) is 49.7. The molecule has 2 aromatic rings. The van der Waals surface area contributed by atoms with Gasteiger partial charge in [-0.15, -0.1) is 0 Å². The van der Waals surface area contributed by atoms with Crippen molar-refractivity contribution in [1.29, 1.82) is 5.26 Å². The number of nitriles is 1. The van der Waals surface area contributed by atoms with Gasteiger partial charge in [-0.3, -0.25) is 0 Å². The number of rotatable bonds is 5. The standard InChI is InChI=1S/C26H31NO5/c27-14-20-11-10-19(26-25(31)24(30)23(29)22(15-28)32-26)13-21(20)12-16-6-8-18(9-7-16)17-4-2-1-3-5-17/h6-11,13,17,22-26,28-31H,1-5,12,15H2/t22-,23-,24+,25-,26+/m1/s1. The predicted molar refractivity (Wildman–Crippen MR) is 119 cm³/mol. The van der Waals surface area contributed by atoms with Crippen LogP contribution in [0.25, 0.3) is 0 Å². The van der Waals surface area contributed by atoms with Crippen molar-refractivity contribution in [3.63, 3.8) is 0 Å². The molecule has 2 aliphatic rings. The number of hydrogen-bond acceptors (Lipinski definition) is 6. The van der Waals surface area contributed by atoms with Crippen LogP contribution in [-0.2, 0) is 11.2 Å². The normalized spacial score (nSPS) is 28.9. The largest absolute Gasteiger partial charge is 0.394 e. The van der Waals surface area contributed by atoms with Gasteiger partial charge in [0.2, 0.25) is 0 Å². The summed E-state index contributed by atoms with van der Waals surface area (Å²) in [6.45, 7) is -0.474. The number of hydrogen-bond donors (Lipinski definition) is 4. The predicted octanol–water partition coefficient (Wildman–Crippen LogP) is 2.71. The first-order chi connectivity index (χ1) is 15.5. The molecule has 1 saturated carbocycles. The molecule has 1 heterocycles. The molecule has 0 bridgehead atoms. The summed E-state index contributed by atoms with van der Waals surface area (Å²) in [4.78, 5) is 0. The van der Waals surface area contributed by atoms with E-state index < -0.39 is 37.1 Å². The Morgan fingerprint density at radius 1 is 0.875 bits per heavy atom. The van der Waals surface area contributed by atoms with Crippen molar-refractivity contribution >= 4 is 0 Å². The topological polar surface area (TPSA) is 114 Å². The molecule has 1 aliphatic carbocycles. The van der Waals surface area contributed by atoms with Gasteiger partial charge in [0, 0.05) is 0 Å². The zero-order chi connectivity index (χ0) is 22.7. The number of nitrogens with zero attached hydrogens (tertiary/aromatic N) is 1. The lowest BCUT2D eigenvalue weighted by atomic mass is 9.83. The molecule has 4 N–H and O–H groups in total. The Morgan fingerprint density at radius 3 is 2.22 bits per heavy atom. The Hall–Kier alpha value is -2.27. The van der Waals surface area contributed by atoms with Gasteiger partial charge in [-0.05, 0) is 53.5 Å². The molecule has 1 saturated heterocycles. The van der Waals surface area contributed by atoms with E-state index in [1.165, 1.54) is 37.7 Å². The Bertz CT molecular complexity index is 946. The number of aliphatic hydroxyl groups is 4. The van der Waals surface area contributed by atoms with Crippen LogP contribution in [0.4, 0.5) is 0 Å². The van der Waals surface area contributed by atoms with Gasteiger partial charge in [-0.25, -0.2) is 0 Å². The summed E-state index contributed by atoms with van der Waals surface area (Å²) < 4.78 is 5.69. The van der Waals surface area contributed by atoms with E-state index in [0.29, 0.717) is 23.5 Å². The number of benzene rings is 2. The van der Waals surface area contributed by atoms with Crippen LogP contribution in [0.1, 0.15) is 71.9 Å². The average molecular weight is 438 g/mol. The Kier molecular flexibility index (Phi) is 7.24. The van der Waals surface area contributed by atoms with Crippen LogP contribution in [0.2, 0.25) is 0 Å². The molecule has 0 spiro atoms. The van der Waals surface area contributed by atoms with Crippen molar-refractivity contribution in [3.05, 3.63) is 70.3 Å². The molecule has 5 atom stereocenters. The highest BCUT2D eigenvalue weighted by atomic mass is 16.5. The van der Waals surface area contributed by atoms with Crippen molar-refractivity contribution < 1.29 is 25.2 Å². The van der Waals surface area contributed by atoms with Crippen molar-refractivity contribution in [1.82, 2.24) is 0 Å². The second kappa shape index (κ2) is 10.1. The summed E-state index contributed by atoms with van der Waals surface area (Å²) >= 11 is 0. The van der Waals surface area contributed by atoms with Crippen molar-refractivity contribution in [2.75, 3.05) is 6.61 Å². The molecule has 0 amide bonds. The van der Waals surface area contributed by atoms with E-state index in [4.69, 9.17) is 4.74 Å². The summed E-state index contributed by atoms with van der Waals surface area (Å²) in [6, 6.07) is 16.0. The monoisotopic (exact) mass is 437 g/mol. The minimum absolute atomic E-state index is 0.474. The van der Waals surface area contributed by atoms with Gasteiger partial charge in [0.25, 0.3) is 0 Å². The quantitative estimate of drug-likeness (QED) is 0.572. The second-order valence-electron chi connectivity index (χ2n) is 9.03. The summed E-state index contributed by atoms with van der Waals surface area (Å²) in [6.07, 6.45) is 0.918. The van der Waals surface area contributed by atoms with Gasteiger partial charge >= 0.3 is 0 Å². The van der Waals surface area contributed by atoms with Crippen molar-refractivity contribution in [2.24, 2.45) is 0 Å².